The molecule has 9 N–H and O–H groups in total. The van der Waals surface area contributed by atoms with Crippen LogP contribution in [-0.4, -0.2) is 61.4 Å². The number of hydrogen-bond acceptors (Lipinski definition) is 9. The Labute approximate surface area is 143 Å². The summed E-state index contributed by atoms with van der Waals surface area (Å²) in [5.41, 5.74) is 16.0. The highest BCUT2D eigenvalue weighted by Gasteiger charge is 2.16. The van der Waals surface area contributed by atoms with Crippen molar-refractivity contribution in [3.05, 3.63) is 10.8 Å². The van der Waals surface area contributed by atoms with Gasteiger partial charge in [0.05, 0.1) is 26.4 Å². The van der Waals surface area contributed by atoms with Crippen molar-refractivity contribution >= 4 is 35.1 Å². The highest BCUT2D eigenvalue weighted by atomic mass is 35.5. The van der Waals surface area contributed by atoms with Gasteiger partial charge in [-0.05, 0) is 0 Å². The van der Waals surface area contributed by atoms with Crippen LogP contribution in [0.25, 0.3) is 0 Å². The van der Waals surface area contributed by atoms with Gasteiger partial charge >= 0.3 is 0 Å². The standard InChI is InChI=1S/C12H21ClN8O3/c13-8-10(16)20-9(15)7(19-8)11(22)21-12(17)18-2-4-24-6-5-23-3-1-14/h1-6,14H2,(H4,15,16,20)(H3,17,18,21,22). The van der Waals surface area contributed by atoms with E-state index >= 15 is 0 Å². The maximum absolute atomic E-state index is 11.9. The summed E-state index contributed by atoms with van der Waals surface area (Å²) in [5.74, 6) is -1.22. The lowest BCUT2D eigenvalue weighted by Gasteiger charge is -2.10. The van der Waals surface area contributed by atoms with Gasteiger partial charge in [-0.1, -0.05) is 11.6 Å². The van der Waals surface area contributed by atoms with Gasteiger partial charge in [0.15, 0.2) is 28.4 Å². The Balaban J connectivity index is 2.28. The topological polar surface area (TPSA) is 187 Å². The molecule has 0 radical (unpaired) electrons. The molecule has 0 spiro atoms. The van der Waals surface area contributed by atoms with Gasteiger partial charge in [0, 0.05) is 13.1 Å². The van der Waals surface area contributed by atoms with E-state index in [1.54, 1.807) is 0 Å². The van der Waals surface area contributed by atoms with E-state index < -0.39 is 5.91 Å². The number of hydrogen-bond donors (Lipinski definition) is 6. The minimum atomic E-state index is -0.726. The fraction of sp³-hybridized carbons (Fsp3) is 0.500. The lowest BCUT2D eigenvalue weighted by atomic mass is 10.4. The molecular formula is C12H21ClN8O3. The average molecular weight is 361 g/mol. The Morgan fingerprint density at radius 1 is 1.12 bits per heavy atom. The van der Waals surface area contributed by atoms with Gasteiger partial charge in [-0.15, -0.1) is 0 Å². The van der Waals surface area contributed by atoms with E-state index in [-0.39, 0.29) is 28.4 Å². The molecule has 134 valence electrons. The second kappa shape index (κ2) is 10.5. The van der Waals surface area contributed by atoms with Crippen molar-refractivity contribution < 1.29 is 14.3 Å². The zero-order valence-corrected chi connectivity index (χ0v) is 13.7. The monoisotopic (exact) mass is 360 g/mol. The first kappa shape index (κ1) is 19.8. The Hall–Kier alpha value is -2.21. The average Bonchev–Trinajstić information content (AvgIpc) is 2.53. The minimum absolute atomic E-state index is 0.0773. The van der Waals surface area contributed by atoms with Crippen molar-refractivity contribution in [1.29, 1.82) is 5.41 Å². The predicted octanol–water partition coefficient (Wildman–Crippen LogP) is -1.46. The van der Waals surface area contributed by atoms with Crippen molar-refractivity contribution in [3.63, 3.8) is 0 Å². The summed E-state index contributed by atoms with van der Waals surface area (Å²) >= 11 is 5.69. The van der Waals surface area contributed by atoms with Crippen molar-refractivity contribution in [3.8, 4) is 0 Å². The first-order chi connectivity index (χ1) is 11.5. The minimum Gasteiger partial charge on any atom is -0.382 e. The number of ether oxygens (including phenoxy) is 2. The molecule has 24 heavy (non-hydrogen) atoms. The summed E-state index contributed by atoms with van der Waals surface area (Å²) in [5, 5.41) is 12.4. The van der Waals surface area contributed by atoms with Crippen LogP contribution in [-0.2, 0) is 9.47 Å². The molecule has 1 aromatic heterocycles. The van der Waals surface area contributed by atoms with E-state index in [4.69, 9.17) is 43.7 Å². The second-order valence-corrected chi connectivity index (χ2v) is 4.76. The summed E-state index contributed by atoms with van der Waals surface area (Å²) in [6.45, 7) is 2.46. The summed E-state index contributed by atoms with van der Waals surface area (Å²) in [7, 11) is 0. The van der Waals surface area contributed by atoms with Crippen LogP contribution in [0.3, 0.4) is 0 Å². The number of nitrogen functional groups attached to an aromatic ring is 2. The van der Waals surface area contributed by atoms with E-state index in [1.807, 2.05) is 0 Å². The zero-order valence-electron chi connectivity index (χ0n) is 13.0. The molecule has 0 aliphatic carbocycles. The van der Waals surface area contributed by atoms with Crippen molar-refractivity contribution in [1.82, 2.24) is 20.6 Å². The number of anilines is 2. The van der Waals surface area contributed by atoms with Crippen LogP contribution < -0.4 is 27.8 Å². The number of nitrogens with zero attached hydrogens (tertiary/aromatic N) is 2. The van der Waals surface area contributed by atoms with Crippen LogP contribution in [0.1, 0.15) is 10.5 Å². The zero-order chi connectivity index (χ0) is 17.9. The summed E-state index contributed by atoms with van der Waals surface area (Å²) in [6, 6.07) is 0. The maximum Gasteiger partial charge on any atom is 0.280 e. The number of nitrogens with one attached hydrogen (secondary N) is 3. The third-order valence-corrected chi connectivity index (χ3v) is 2.82. The van der Waals surface area contributed by atoms with Crippen LogP contribution in [0.5, 0.6) is 0 Å². The summed E-state index contributed by atoms with van der Waals surface area (Å²) in [4.78, 5) is 19.4. The number of carbonyl (C=O) groups excluding carboxylic acids is 1. The largest absolute Gasteiger partial charge is 0.382 e. The molecule has 0 saturated carbocycles. The summed E-state index contributed by atoms with van der Waals surface area (Å²) in [6.07, 6.45) is 0. The molecule has 0 aliphatic rings. The molecule has 0 fully saturated rings. The highest BCUT2D eigenvalue weighted by Crippen LogP contribution is 2.16. The Morgan fingerprint density at radius 3 is 2.46 bits per heavy atom. The normalized spacial score (nSPS) is 10.4. The van der Waals surface area contributed by atoms with Gasteiger partial charge in [-0.3, -0.25) is 15.5 Å². The van der Waals surface area contributed by atoms with Gasteiger partial charge in [-0.2, -0.15) is 0 Å². The lowest BCUT2D eigenvalue weighted by molar-refractivity contribution is 0.0528. The third-order valence-electron chi connectivity index (χ3n) is 2.54. The molecule has 1 aromatic rings. The molecule has 0 unspecified atom stereocenters. The van der Waals surface area contributed by atoms with Crippen LogP contribution >= 0.6 is 11.6 Å². The first-order valence-electron chi connectivity index (χ1n) is 7.03. The van der Waals surface area contributed by atoms with E-state index in [2.05, 4.69) is 20.6 Å². The highest BCUT2D eigenvalue weighted by molar-refractivity contribution is 6.31. The number of amides is 1. The van der Waals surface area contributed by atoms with Gasteiger partial charge in [0.25, 0.3) is 5.91 Å². The molecule has 0 atom stereocenters. The third kappa shape index (κ3) is 6.91. The smallest absolute Gasteiger partial charge is 0.280 e. The number of nitrogens with two attached hydrogens (primary N) is 3. The Kier molecular flexibility index (Phi) is 8.71. The van der Waals surface area contributed by atoms with Crippen molar-refractivity contribution in [2.24, 2.45) is 5.73 Å². The Bertz CT molecular complexity index is 571. The number of carbonyl (C=O) groups is 1. The number of halogens is 1. The van der Waals surface area contributed by atoms with Crippen LogP contribution in [0, 0.1) is 5.41 Å². The number of aromatic nitrogens is 2. The molecule has 0 bridgehead atoms. The van der Waals surface area contributed by atoms with E-state index in [0.29, 0.717) is 39.5 Å². The molecule has 0 aliphatic heterocycles. The molecule has 1 heterocycles. The molecule has 12 heteroatoms. The van der Waals surface area contributed by atoms with Gasteiger partial charge in [-0.25, -0.2) is 9.97 Å². The quantitative estimate of drug-likeness (QED) is 0.174. The van der Waals surface area contributed by atoms with Crippen molar-refractivity contribution in [2.45, 2.75) is 0 Å². The molecule has 1 amide bonds. The molecule has 11 nitrogen and oxygen atoms in total. The molecule has 0 saturated heterocycles. The Morgan fingerprint density at radius 2 is 1.79 bits per heavy atom. The predicted molar refractivity (Wildman–Crippen MR) is 89.8 cm³/mol. The summed E-state index contributed by atoms with van der Waals surface area (Å²) < 4.78 is 10.4. The van der Waals surface area contributed by atoms with Gasteiger partial charge < -0.3 is 32.0 Å². The fourth-order valence-electron chi connectivity index (χ4n) is 1.48. The van der Waals surface area contributed by atoms with Crippen LogP contribution in [0.15, 0.2) is 0 Å². The second-order valence-electron chi connectivity index (χ2n) is 4.40. The lowest BCUT2D eigenvalue weighted by Crippen LogP contribution is -2.42. The molecule has 0 aromatic carbocycles. The van der Waals surface area contributed by atoms with Gasteiger partial charge in [0.1, 0.15) is 0 Å². The molecular weight excluding hydrogens is 340 g/mol. The van der Waals surface area contributed by atoms with Crippen molar-refractivity contribution in [2.75, 3.05) is 51.0 Å². The van der Waals surface area contributed by atoms with E-state index in [1.165, 1.54) is 0 Å². The van der Waals surface area contributed by atoms with E-state index in [9.17, 15) is 4.79 Å². The first-order valence-corrected chi connectivity index (χ1v) is 7.41. The van der Waals surface area contributed by atoms with E-state index in [0.717, 1.165) is 0 Å². The SMILES string of the molecule is N=C(NCCOCCOCCN)NC(=O)c1nc(Cl)c(N)nc1N. The maximum atomic E-state index is 11.9. The number of rotatable bonds is 9. The van der Waals surface area contributed by atoms with Crippen LogP contribution in [0.4, 0.5) is 11.6 Å². The number of guanidine groups is 1. The van der Waals surface area contributed by atoms with Crippen LogP contribution in [0.2, 0.25) is 5.15 Å². The molecule has 1 rings (SSSR count). The fourth-order valence-corrected chi connectivity index (χ4v) is 1.61. The van der Waals surface area contributed by atoms with Gasteiger partial charge in [0.2, 0.25) is 0 Å².